The highest BCUT2D eigenvalue weighted by Gasteiger charge is 2.58. The number of carbonyl (C=O) groups is 1. The standard InChI is InChI=1S/C14H24N2O3/c1-14(2)11(10-4-3-7-19-12(10)14)15-13(17)16-5-8-18-9-6-16/h10-12H,3-9H2,1-2H3,(H,15,17)/t10-,11-,12+/m1/s1. The summed E-state index contributed by atoms with van der Waals surface area (Å²) in [6, 6.07) is 0.304. The average molecular weight is 268 g/mol. The van der Waals surface area contributed by atoms with Crippen LogP contribution in [0.4, 0.5) is 4.79 Å². The molecule has 3 fully saturated rings. The highest BCUT2D eigenvalue weighted by atomic mass is 16.5. The monoisotopic (exact) mass is 268 g/mol. The third kappa shape index (κ3) is 2.23. The first-order valence-corrected chi connectivity index (χ1v) is 7.35. The molecule has 0 bridgehead atoms. The first-order valence-electron chi connectivity index (χ1n) is 7.35. The molecular weight excluding hydrogens is 244 g/mol. The fourth-order valence-electron chi connectivity index (χ4n) is 3.81. The Labute approximate surface area is 114 Å². The van der Waals surface area contributed by atoms with Crippen molar-refractivity contribution in [2.24, 2.45) is 11.3 Å². The lowest BCUT2D eigenvalue weighted by Crippen LogP contribution is -2.71. The first-order chi connectivity index (χ1) is 9.10. The molecule has 0 aromatic rings. The highest BCUT2D eigenvalue weighted by molar-refractivity contribution is 5.75. The van der Waals surface area contributed by atoms with Gasteiger partial charge in [0.2, 0.25) is 0 Å². The summed E-state index contributed by atoms with van der Waals surface area (Å²) >= 11 is 0. The molecule has 2 saturated heterocycles. The smallest absolute Gasteiger partial charge is 0.317 e. The molecule has 0 spiro atoms. The van der Waals surface area contributed by atoms with Crippen molar-refractivity contribution in [2.45, 2.75) is 38.8 Å². The minimum atomic E-state index is 0.0486. The lowest BCUT2D eigenvalue weighted by atomic mass is 9.55. The number of morpholine rings is 1. The van der Waals surface area contributed by atoms with Crippen molar-refractivity contribution in [1.82, 2.24) is 10.2 Å². The van der Waals surface area contributed by atoms with Crippen molar-refractivity contribution in [3.8, 4) is 0 Å². The molecule has 5 heteroatoms. The van der Waals surface area contributed by atoms with E-state index in [2.05, 4.69) is 19.2 Å². The molecule has 3 aliphatic rings. The van der Waals surface area contributed by atoms with Gasteiger partial charge < -0.3 is 19.7 Å². The fraction of sp³-hybridized carbons (Fsp3) is 0.929. The van der Waals surface area contributed by atoms with Crippen molar-refractivity contribution in [3.63, 3.8) is 0 Å². The van der Waals surface area contributed by atoms with Gasteiger partial charge in [-0.05, 0) is 12.8 Å². The average Bonchev–Trinajstić information content (AvgIpc) is 2.45. The maximum atomic E-state index is 12.3. The molecule has 0 unspecified atom stereocenters. The van der Waals surface area contributed by atoms with E-state index in [1.165, 1.54) is 6.42 Å². The Balaban J connectivity index is 1.61. The molecule has 2 heterocycles. The van der Waals surface area contributed by atoms with Crippen LogP contribution < -0.4 is 5.32 Å². The Morgan fingerprint density at radius 2 is 2.00 bits per heavy atom. The van der Waals surface area contributed by atoms with Gasteiger partial charge in [0.05, 0.1) is 19.3 Å². The van der Waals surface area contributed by atoms with E-state index in [4.69, 9.17) is 9.47 Å². The van der Waals surface area contributed by atoms with Crippen molar-refractivity contribution >= 4 is 6.03 Å². The van der Waals surface area contributed by atoms with Gasteiger partial charge in [-0.15, -0.1) is 0 Å². The Hall–Kier alpha value is -0.810. The number of hydrogen-bond donors (Lipinski definition) is 1. The zero-order valence-corrected chi connectivity index (χ0v) is 11.9. The van der Waals surface area contributed by atoms with Gasteiger partial charge in [-0.1, -0.05) is 13.8 Å². The minimum Gasteiger partial charge on any atom is -0.378 e. The first kappa shape index (κ1) is 13.2. The second-order valence-electron chi connectivity index (χ2n) is 6.45. The van der Waals surface area contributed by atoms with Crippen LogP contribution in [0.2, 0.25) is 0 Å². The van der Waals surface area contributed by atoms with Crippen LogP contribution in [-0.4, -0.2) is 56.0 Å². The van der Waals surface area contributed by atoms with Gasteiger partial charge in [0.25, 0.3) is 0 Å². The number of hydrogen-bond acceptors (Lipinski definition) is 3. The lowest BCUT2D eigenvalue weighted by molar-refractivity contribution is -0.189. The van der Waals surface area contributed by atoms with E-state index < -0.39 is 0 Å². The van der Waals surface area contributed by atoms with Gasteiger partial charge >= 0.3 is 6.03 Å². The second kappa shape index (κ2) is 4.94. The highest BCUT2D eigenvalue weighted by Crippen LogP contribution is 2.51. The van der Waals surface area contributed by atoms with Gasteiger partial charge in [0, 0.05) is 37.1 Å². The van der Waals surface area contributed by atoms with E-state index in [1.807, 2.05) is 4.90 Å². The predicted octanol–water partition coefficient (Wildman–Crippen LogP) is 1.23. The quantitative estimate of drug-likeness (QED) is 0.778. The Bertz CT molecular complexity index is 353. The normalized spacial score (nSPS) is 37.2. The lowest BCUT2D eigenvalue weighted by Gasteiger charge is -2.60. The summed E-state index contributed by atoms with van der Waals surface area (Å²) in [4.78, 5) is 14.1. The summed E-state index contributed by atoms with van der Waals surface area (Å²) in [5.74, 6) is 0.494. The Kier molecular flexibility index (Phi) is 3.43. The number of ether oxygens (including phenoxy) is 2. The molecule has 0 radical (unpaired) electrons. The third-order valence-electron chi connectivity index (χ3n) is 4.91. The number of urea groups is 1. The van der Waals surface area contributed by atoms with E-state index >= 15 is 0 Å². The van der Waals surface area contributed by atoms with Crippen LogP contribution in [0.3, 0.4) is 0 Å². The van der Waals surface area contributed by atoms with E-state index in [0.29, 0.717) is 38.3 Å². The van der Waals surface area contributed by atoms with Crippen LogP contribution >= 0.6 is 0 Å². The molecule has 0 aromatic carbocycles. The molecule has 1 N–H and O–H groups in total. The number of carbonyl (C=O) groups excluding carboxylic acids is 1. The van der Waals surface area contributed by atoms with Crippen LogP contribution in [0.5, 0.6) is 0 Å². The second-order valence-corrected chi connectivity index (χ2v) is 6.45. The maximum Gasteiger partial charge on any atom is 0.317 e. The van der Waals surface area contributed by atoms with Gasteiger partial charge in [0.15, 0.2) is 0 Å². The van der Waals surface area contributed by atoms with Crippen LogP contribution in [0.1, 0.15) is 26.7 Å². The molecule has 5 nitrogen and oxygen atoms in total. The Morgan fingerprint density at radius 1 is 1.26 bits per heavy atom. The number of amides is 2. The molecule has 19 heavy (non-hydrogen) atoms. The van der Waals surface area contributed by atoms with E-state index in [-0.39, 0.29) is 17.5 Å². The number of nitrogens with zero attached hydrogens (tertiary/aromatic N) is 1. The minimum absolute atomic E-state index is 0.0486. The summed E-state index contributed by atoms with van der Waals surface area (Å²) in [5.41, 5.74) is 0.0486. The Morgan fingerprint density at radius 3 is 2.74 bits per heavy atom. The summed E-state index contributed by atoms with van der Waals surface area (Å²) in [6.45, 7) is 7.96. The van der Waals surface area contributed by atoms with Crippen molar-refractivity contribution in [2.75, 3.05) is 32.9 Å². The van der Waals surface area contributed by atoms with Gasteiger partial charge in [-0.3, -0.25) is 0 Å². The number of fused-ring (bicyclic) bond motifs is 1. The summed E-state index contributed by atoms with van der Waals surface area (Å²) in [5, 5.41) is 3.23. The molecule has 0 aromatic heterocycles. The van der Waals surface area contributed by atoms with Crippen LogP contribution in [0.15, 0.2) is 0 Å². The molecule has 108 valence electrons. The molecule has 2 aliphatic heterocycles. The van der Waals surface area contributed by atoms with Gasteiger partial charge in [-0.2, -0.15) is 0 Å². The van der Waals surface area contributed by atoms with Gasteiger partial charge in [0.1, 0.15) is 0 Å². The SMILES string of the molecule is CC1(C)[C@H](NC(=O)N2CCOCC2)[C@H]2CCCO[C@@H]21. The summed E-state index contributed by atoms with van der Waals surface area (Å²) in [7, 11) is 0. The fourth-order valence-corrected chi connectivity index (χ4v) is 3.81. The largest absolute Gasteiger partial charge is 0.378 e. The predicted molar refractivity (Wildman–Crippen MR) is 71.0 cm³/mol. The van der Waals surface area contributed by atoms with Crippen LogP contribution in [0.25, 0.3) is 0 Å². The van der Waals surface area contributed by atoms with E-state index in [0.717, 1.165) is 13.0 Å². The van der Waals surface area contributed by atoms with E-state index in [1.54, 1.807) is 0 Å². The van der Waals surface area contributed by atoms with Crippen LogP contribution in [-0.2, 0) is 9.47 Å². The number of nitrogens with one attached hydrogen (secondary N) is 1. The zero-order chi connectivity index (χ0) is 13.5. The van der Waals surface area contributed by atoms with Crippen molar-refractivity contribution < 1.29 is 14.3 Å². The van der Waals surface area contributed by atoms with Crippen molar-refractivity contribution in [3.05, 3.63) is 0 Å². The summed E-state index contributed by atoms with van der Waals surface area (Å²) < 4.78 is 11.1. The molecule has 3 rings (SSSR count). The molecule has 2 amide bonds. The molecule has 1 aliphatic carbocycles. The third-order valence-corrected chi connectivity index (χ3v) is 4.91. The van der Waals surface area contributed by atoms with Gasteiger partial charge in [-0.25, -0.2) is 4.79 Å². The molecule has 3 atom stereocenters. The molecular formula is C14H24N2O3. The maximum absolute atomic E-state index is 12.3. The van der Waals surface area contributed by atoms with Crippen molar-refractivity contribution in [1.29, 1.82) is 0 Å². The molecule has 1 saturated carbocycles. The number of rotatable bonds is 1. The zero-order valence-electron chi connectivity index (χ0n) is 11.9. The summed E-state index contributed by atoms with van der Waals surface area (Å²) in [6.07, 6.45) is 2.60. The van der Waals surface area contributed by atoms with E-state index in [9.17, 15) is 4.79 Å². The topological polar surface area (TPSA) is 50.8 Å². The van der Waals surface area contributed by atoms with Crippen LogP contribution in [0, 0.1) is 11.3 Å².